The molecule has 1 saturated carbocycles. The topological polar surface area (TPSA) is 163 Å². The number of rotatable bonds is 0. The summed E-state index contributed by atoms with van der Waals surface area (Å²) in [6, 6.07) is 16.6. The van der Waals surface area contributed by atoms with E-state index in [1.807, 2.05) is 17.6 Å². The number of carbonyl (C=O) groups excluding carboxylic acids is 1. The molecule has 2 unspecified atom stereocenters. The molecule has 3 aliphatic rings. The van der Waals surface area contributed by atoms with Gasteiger partial charge in [-0.05, 0) is 59.9 Å². The van der Waals surface area contributed by atoms with Gasteiger partial charge in [-0.3, -0.25) is 10.2 Å². The molecule has 222 valence electrons. The number of aliphatic hydroxyl groups excluding tert-OH is 1. The van der Waals surface area contributed by atoms with Crippen molar-refractivity contribution < 1.29 is 14.7 Å². The van der Waals surface area contributed by atoms with Gasteiger partial charge < -0.3 is 14.8 Å². The van der Waals surface area contributed by atoms with Crippen molar-refractivity contribution in [3.8, 4) is 23.7 Å². The van der Waals surface area contributed by atoms with Crippen molar-refractivity contribution in [2.24, 2.45) is 34.6 Å². The molecule has 6 N–H and O–H groups in total. The van der Waals surface area contributed by atoms with Crippen LogP contribution in [-0.4, -0.2) is 39.3 Å². The number of para-hydroxylation sites is 1. The third-order valence-corrected chi connectivity index (χ3v) is 6.45. The normalized spacial score (nSPS) is 17.8. The average Bonchev–Trinajstić information content (AvgIpc) is 3.58. The van der Waals surface area contributed by atoms with Gasteiger partial charge in [-0.25, -0.2) is 11.7 Å². The van der Waals surface area contributed by atoms with Crippen LogP contribution in [-0.2, 0) is 16.2 Å². The van der Waals surface area contributed by atoms with Gasteiger partial charge in [0, 0.05) is 63.6 Å². The number of hydrogen-bond donors (Lipinski definition) is 4. The number of azide groups is 1. The van der Waals surface area contributed by atoms with Crippen LogP contribution in [0.4, 0.5) is 5.69 Å². The molecule has 0 bridgehead atoms. The molecule has 41 heavy (non-hydrogen) atoms. The molecule has 10 nitrogen and oxygen atoms in total. The van der Waals surface area contributed by atoms with Crippen LogP contribution in [0.25, 0.3) is 10.4 Å². The SMILES string of the molecule is CC(=O)NN.CC1C2CCC#CCCC12.CN1Cc2ccccc2C#Cc2ccccc21.CN=[N+]=[N-].CO.CON. The van der Waals surface area contributed by atoms with Crippen LogP contribution in [0.1, 0.15) is 56.2 Å². The van der Waals surface area contributed by atoms with Crippen LogP contribution < -0.4 is 22.1 Å². The highest BCUT2D eigenvalue weighted by Crippen LogP contribution is 2.51. The number of nitrogens with two attached hydrogens (primary N) is 2. The molecule has 5 rings (SSSR count). The summed E-state index contributed by atoms with van der Waals surface area (Å²) in [5, 5.41) is 9.92. The third kappa shape index (κ3) is 14.8. The van der Waals surface area contributed by atoms with Gasteiger partial charge in [0.1, 0.15) is 0 Å². The van der Waals surface area contributed by atoms with Crippen molar-refractivity contribution >= 4 is 11.6 Å². The molecule has 0 saturated heterocycles. The van der Waals surface area contributed by atoms with Gasteiger partial charge in [-0.15, -0.1) is 11.8 Å². The van der Waals surface area contributed by atoms with Crippen LogP contribution >= 0.6 is 0 Å². The molecule has 2 aliphatic carbocycles. The lowest BCUT2D eigenvalue weighted by Crippen LogP contribution is -2.26. The third-order valence-electron chi connectivity index (χ3n) is 6.45. The lowest BCUT2D eigenvalue weighted by atomic mass is 10.0. The van der Waals surface area contributed by atoms with E-state index < -0.39 is 0 Å². The predicted molar refractivity (Wildman–Crippen MR) is 166 cm³/mol. The molecule has 1 amide bonds. The Hall–Kier alpha value is -4.02. The van der Waals surface area contributed by atoms with Gasteiger partial charge in [0.05, 0.1) is 12.8 Å². The minimum atomic E-state index is -0.218. The van der Waals surface area contributed by atoms with Crippen molar-refractivity contribution in [1.82, 2.24) is 5.43 Å². The van der Waals surface area contributed by atoms with E-state index in [1.165, 1.54) is 45.2 Å². The number of benzene rings is 2. The van der Waals surface area contributed by atoms with Gasteiger partial charge in [-0.1, -0.05) is 54.2 Å². The minimum Gasteiger partial charge on any atom is -0.400 e. The largest absolute Gasteiger partial charge is 0.400 e. The number of anilines is 1. The smallest absolute Gasteiger partial charge is 0.230 e. The first kappa shape index (κ1) is 37.0. The van der Waals surface area contributed by atoms with Crippen molar-refractivity contribution in [3.63, 3.8) is 0 Å². The van der Waals surface area contributed by atoms with E-state index in [-0.39, 0.29) is 5.91 Å². The second-order valence-electron chi connectivity index (χ2n) is 9.12. The Bertz CT molecular complexity index is 1190. The highest BCUT2D eigenvalue weighted by atomic mass is 16.6. The molecule has 10 heteroatoms. The van der Waals surface area contributed by atoms with E-state index in [9.17, 15) is 4.79 Å². The van der Waals surface area contributed by atoms with E-state index >= 15 is 0 Å². The van der Waals surface area contributed by atoms with Crippen LogP contribution in [0.2, 0.25) is 0 Å². The number of nitrogens with zero attached hydrogens (tertiary/aromatic N) is 4. The number of fused-ring (bicyclic) bond motifs is 3. The van der Waals surface area contributed by atoms with Gasteiger partial charge in [0.15, 0.2) is 0 Å². The Kier molecular flexibility index (Phi) is 20.5. The first-order valence-electron chi connectivity index (χ1n) is 13.3. The lowest BCUT2D eigenvalue weighted by molar-refractivity contribution is -0.119. The molecule has 2 atom stereocenters. The zero-order chi connectivity index (χ0) is 31.0. The second-order valence-corrected chi connectivity index (χ2v) is 9.12. The number of amides is 1. The highest BCUT2D eigenvalue weighted by Gasteiger charge is 2.44. The van der Waals surface area contributed by atoms with Crippen LogP contribution in [0.3, 0.4) is 0 Å². The highest BCUT2D eigenvalue weighted by molar-refractivity contribution is 5.71. The quantitative estimate of drug-likeness (QED) is 0.0700. The summed E-state index contributed by atoms with van der Waals surface area (Å²) in [7, 11) is 5.91. The monoisotopic (exact) mass is 563 g/mol. The van der Waals surface area contributed by atoms with Gasteiger partial charge in [0.25, 0.3) is 0 Å². The van der Waals surface area contributed by atoms with Crippen molar-refractivity contribution in [1.29, 1.82) is 0 Å². The van der Waals surface area contributed by atoms with Gasteiger partial charge in [0.2, 0.25) is 5.91 Å². The standard InChI is InChI=1S/C16H13N.C10H14.C2H6N2O.CH3N3.CH5NO.CH4O/c1-17-12-15-8-3-2-6-13(15)10-11-14-7-4-5-9-16(14)17;1-8-9-6-4-2-3-5-7-10(8)9;1-2(5)4-3;1-3-4-2;1-3-2;1-2/h2-9H,12H2,1H3;8-10H,4-7H2,1H3;3H2,1H3,(H,4,5);1H3;2H2,1H3;2H,1H3. The Labute approximate surface area is 245 Å². The molecule has 1 aliphatic heterocycles. The fourth-order valence-corrected chi connectivity index (χ4v) is 4.41. The fourth-order valence-electron chi connectivity index (χ4n) is 4.41. The Morgan fingerprint density at radius 2 is 1.51 bits per heavy atom. The summed E-state index contributed by atoms with van der Waals surface area (Å²) in [6.07, 6.45) is 5.06. The summed E-state index contributed by atoms with van der Waals surface area (Å²) in [5.74, 6) is 24.8. The maximum absolute atomic E-state index is 9.58. The number of hydrazine groups is 1. The predicted octanol–water partition coefficient (Wildman–Crippen LogP) is 4.52. The molecule has 0 spiro atoms. The summed E-state index contributed by atoms with van der Waals surface area (Å²) < 4.78 is 0. The van der Waals surface area contributed by atoms with E-state index in [0.717, 1.165) is 55.4 Å². The Balaban J connectivity index is 0.000000567. The van der Waals surface area contributed by atoms with Gasteiger partial charge in [-0.2, -0.15) is 0 Å². The van der Waals surface area contributed by atoms with Crippen molar-refractivity contribution in [3.05, 3.63) is 75.7 Å². The average molecular weight is 564 g/mol. The number of aliphatic hydroxyl groups is 1. The molecule has 1 heterocycles. The zero-order valence-electron chi connectivity index (χ0n) is 25.1. The molecule has 2 aromatic rings. The Morgan fingerprint density at radius 1 is 1.07 bits per heavy atom. The summed E-state index contributed by atoms with van der Waals surface area (Å²) >= 11 is 0. The van der Waals surface area contributed by atoms with Crippen molar-refractivity contribution in [2.75, 3.05) is 33.2 Å². The van der Waals surface area contributed by atoms with E-state index in [0.29, 0.717) is 0 Å². The van der Waals surface area contributed by atoms with Crippen LogP contribution in [0, 0.1) is 41.4 Å². The Morgan fingerprint density at radius 3 is 2.00 bits per heavy atom. The number of hydrogen-bond acceptors (Lipinski definition) is 7. The second kappa shape index (κ2) is 22.8. The first-order valence-corrected chi connectivity index (χ1v) is 13.3. The molecule has 2 aromatic carbocycles. The lowest BCUT2D eigenvalue weighted by Gasteiger charge is -2.22. The number of nitrogens with one attached hydrogen (secondary N) is 1. The summed E-state index contributed by atoms with van der Waals surface area (Å²) in [5.41, 5.74) is 13.9. The van der Waals surface area contributed by atoms with Crippen LogP contribution in [0.15, 0.2) is 53.6 Å². The first-order chi connectivity index (χ1) is 19.8. The zero-order valence-corrected chi connectivity index (χ0v) is 25.1. The molecular weight excluding hydrogens is 518 g/mol. The van der Waals surface area contributed by atoms with E-state index in [2.05, 4.69) is 106 Å². The number of carbonyl (C=O) groups is 1. The molecule has 0 radical (unpaired) electrons. The van der Waals surface area contributed by atoms with E-state index in [4.69, 9.17) is 10.6 Å². The maximum atomic E-state index is 9.58. The fraction of sp³-hybridized carbons (Fsp3) is 0.452. The molecule has 1 fully saturated rings. The molecular formula is C31H45N7O3. The van der Waals surface area contributed by atoms with Gasteiger partial charge >= 0.3 is 0 Å². The van der Waals surface area contributed by atoms with Crippen LogP contribution in [0.5, 0.6) is 0 Å². The maximum Gasteiger partial charge on any atom is 0.230 e. The molecule has 0 aromatic heterocycles. The summed E-state index contributed by atoms with van der Waals surface area (Å²) in [4.78, 5) is 17.9. The summed E-state index contributed by atoms with van der Waals surface area (Å²) in [6.45, 7) is 4.64. The van der Waals surface area contributed by atoms with E-state index in [1.54, 1.807) is 0 Å². The minimum absolute atomic E-state index is 0.218. The van der Waals surface area contributed by atoms with Crippen molar-refractivity contribution in [2.45, 2.75) is 46.1 Å².